The predicted molar refractivity (Wildman–Crippen MR) is 69.1 cm³/mol. The summed E-state index contributed by atoms with van der Waals surface area (Å²) < 4.78 is 5.28. The second-order valence-electron chi connectivity index (χ2n) is 4.57. The van der Waals surface area contributed by atoms with Gasteiger partial charge in [0.25, 0.3) is 0 Å². The first kappa shape index (κ1) is 12.7. The fourth-order valence-electron chi connectivity index (χ4n) is 1.89. The topological polar surface area (TPSA) is 77.8 Å². The molecule has 2 aromatic rings. The zero-order valence-electron chi connectivity index (χ0n) is 11.0. The Morgan fingerprint density at radius 3 is 2.50 bits per heavy atom. The molecule has 0 aliphatic carbocycles. The molecule has 0 aliphatic heterocycles. The fraction of sp³-hybridized carbons (Fsp3) is 0.462. The van der Waals surface area contributed by atoms with Crippen LogP contribution in [0.2, 0.25) is 0 Å². The van der Waals surface area contributed by atoms with E-state index in [1.807, 2.05) is 32.9 Å². The van der Waals surface area contributed by atoms with E-state index in [2.05, 4.69) is 15.1 Å². The Balaban J connectivity index is 2.29. The van der Waals surface area contributed by atoms with Gasteiger partial charge in [0.2, 0.25) is 11.7 Å². The zero-order chi connectivity index (χ0) is 13.1. The standard InChI is InChI=1S/C13H18N4O/c1-8(4-5-14)13-16-12(17-18-13)11-6-9(2)15-10(3)7-11/h6-8H,4-5,14H2,1-3H3. The first-order valence-electron chi connectivity index (χ1n) is 6.09. The molecular weight excluding hydrogens is 228 g/mol. The highest BCUT2D eigenvalue weighted by Gasteiger charge is 2.15. The lowest BCUT2D eigenvalue weighted by Gasteiger charge is -2.02. The van der Waals surface area contributed by atoms with Crippen LogP contribution >= 0.6 is 0 Å². The van der Waals surface area contributed by atoms with Gasteiger partial charge in [0, 0.05) is 22.9 Å². The van der Waals surface area contributed by atoms with E-state index in [1.165, 1.54) is 0 Å². The lowest BCUT2D eigenvalue weighted by atomic mass is 10.1. The average molecular weight is 246 g/mol. The number of hydrogen-bond donors (Lipinski definition) is 1. The Kier molecular flexibility index (Phi) is 3.72. The molecule has 0 fully saturated rings. The van der Waals surface area contributed by atoms with Crippen LogP contribution in [0, 0.1) is 13.8 Å². The Labute approximate surface area is 106 Å². The molecule has 0 aromatic carbocycles. The molecule has 1 atom stereocenters. The molecule has 0 aliphatic rings. The van der Waals surface area contributed by atoms with Gasteiger partial charge in [-0.3, -0.25) is 4.98 Å². The van der Waals surface area contributed by atoms with Crippen LogP contribution in [0.15, 0.2) is 16.7 Å². The molecule has 0 saturated heterocycles. The van der Waals surface area contributed by atoms with Crippen LogP contribution in [0.4, 0.5) is 0 Å². The number of nitrogens with zero attached hydrogens (tertiary/aromatic N) is 3. The van der Waals surface area contributed by atoms with Gasteiger partial charge in [-0.15, -0.1) is 0 Å². The SMILES string of the molecule is Cc1cc(-c2noc(C(C)CCN)n2)cc(C)n1. The second-order valence-corrected chi connectivity index (χ2v) is 4.57. The summed E-state index contributed by atoms with van der Waals surface area (Å²) in [7, 11) is 0. The van der Waals surface area contributed by atoms with Crippen molar-refractivity contribution in [1.29, 1.82) is 0 Å². The van der Waals surface area contributed by atoms with Crippen molar-refractivity contribution in [3.05, 3.63) is 29.4 Å². The van der Waals surface area contributed by atoms with Gasteiger partial charge in [-0.05, 0) is 38.9 Å². The normalized spacial score (nSPS) is 12.7. The number of hydrogen-bond acceptors (Lipinski definition) is 5. The minimum atomic E-state index is 0.195. The monoisotopic (exact) mass is 246 g/mol. The second kappa shape index (κ2) is 5.27. The van der Waals surface area contributed by atoms with Crippen LogP contribution in [0.1, 0.15) is 36.5 Å². The molecule has 2 aromatic heterocycles. The summed E-state index contributed by atoms with van der Waals surface area (Å²) in [5, 5.41) is 4.02. The van der Waals surface area contributed by atoms with Crippen molar-refractivity contribution in [2.24, 2.45) is 5.73 Å². The Morgan fingerprint density at radius 1 is 1.22 bits per heavy atom. The first-order valence-corrected chi connectivity index (χ1v) is 6.09. The van der Waals surface area contributed by atoms with Gasteiger partial charge in [-0.1, -0.05) is 12.1 Å². The molecule has 5 nitrogen and oxygen atoms in total. The number of aryl methyl sites for hydroxylation is 2. The van der Waals surface area contributed by atoms with Gasteiger partial charge in [0.05, 0.1) is 0 Å². The Hall–Kier alpha value is -1.75. The predicted octanol–water partition coefficient (Wildman–Crippen LogP) is 2.20. The minimum Gasteiger partial charge on any atom is -0.339 e. The summed E-state index contributed by atoms with van der Waals surface area (Å²) in [6.45, 7) is 6.56. The molecule has 18 heavy (non-hydrogen) atoms. The molecule has 0 bridgehead atoms. The van der Waals surface area contributed by atoms with Gasteiger partial charge in [-0.25, -0.2) is 0 Å². The van der Waals surface area contributed by atoms with E-state index in [-0.39, 0.29) is 5.92 Å². The molecule has 0 amide bonds. The quantitative estimate of drug-likeness (QED) is 0.894. The summed E-state index contributed by atoms with van der Waals surface area (Å²) in [6, 6.07) is 3.91. The number of pyridine rings is 1. The van der Waals surface area contributed by atoms with E-state index < -0.39 is 0 Å². The van der Waals surface area contributed by atoms with Gasteiger partial charge in [0.1, 0.15) is 0 Å². The summed E-state index contributed by atoms with van der Waals surface area (Å²) >= 11 is 0. The van der Waals surface area contributed by atoms with Crippen LogP contribution in [0.25, 0.3) is 11.4 Å². The van der Waals surface area contributed by atoms with Crippen molar-refractivity contribution in [1.82, 2.24) is 15.1 Å². The lowest BCUT2D eigenvalue weighted by molar-refractivity contribution is 0.355. The van der Waals surface area contributed by atoms with Gasteiger partial charge >= 0.3 is 0 Å². The van der Waals surface area contributed by atoms with E-state index in [1.54, 1.807) is 0 Å². The number of rotatable bonds is 4. The van der Waals surface area contributed by atoms with Crippen molar-refractivity contribution in [3.8, 4) is 11.4 Å². The van der Waals surface area contributed by atoms with Crippen LogP contribution in [-0.2, 0) is 0 Å². The fourth-order valence-corrected chi connectivity index (χ4v) is 1.89. The molecule has 5 heteroatoms. The molecular formula is C13H18N4O. The third-order valence-corrected chi connectivity index (χ3v) is 2.80. The summed E-state index contributed by atoms with van der Waals surface area (Å²) in [4.78, 5) is 8.75. The van der Waals surface area contributed by atoms with Crippen molar-refractivity contribution in [2.45, 2.75) is 33.1 Å². The maximum Gasteiger partial charge on any atom is 0.229 e. The van der Waals surface area contributed by atoms with E-state index in [9.17, 15) is 0 Å². The van der Waals surface area contributed by atoms with E-state index in [0.717, 1.165) is 23.4 Å². The number of aromatic nitrogens is 3. The summed E-state index contributed by atoms with van der Waals surface area (Å²) in [5.41, 5.74) is 8.37. The zero-order valence-corrected chi connectivity index (χ0v) is 11.0. The molecule has 0 radical (unpaired) electrons. The van der Waals surface area contributed by atoms with Gasteiger partial charge in [0.15, 0.2) is 0 Å². The third kappa shape index (κ3) is 2.73. The van der Waals surface area contributed by atoms with Crippen LogP contribution in [0.3, 0.4) is 0 Å². The minimum absolute atomic E-state index is 0.195. The molecule has 2 heterocycles. The largest absolute Gasteiger partial charge is 0.339 e. The first-order chi connectivity index (χ1) is 8.60. The summed E-state index contributed by atoms with van der Waals surface area (Å²) in [6.07, 6.45) is 0.843. The van der Waals surface area contributed by atoms with Crippen LogP contribution < -0.4 is 5.73 Å². The Morgan fingerprint density at radius 2 is 1.89 bits per heavy atom. The van der Waals surface area contributed by atoms with Crippen molar-refractivity contribution in [3.63, 3.8) is 0 Å². The van der Waals surface area contributed by atoms with E-state index in [0.29, 0.717) is 18.3 Å². The lowest BCUT2D eigenvalue weighted by Crippen LogP contribution is -2.04. The highest BCUT2D eigenvalue weighted by Crippen LogP contribution is 2.22. The van der Waals surface area contributed by atoms with E-state index in [4.69, 9.17) is 10.3 Å². The van der Waals surface area contributed by atoms with Crippen LogP contribution in [-0.4, -0.2) is 21.7 Å². The molecule has 1 unspecified atom stereocenters. The average Bonchev–Trinajstić information content (AvgIpc) is 2.77. The van der Waals surface area contributed by atoms with Crippen molar-refractivity contribution in [2.75, 3.05) is 6.54 Å². The molecule has 0 spiro atoms. The smallest absolute Gasteiger partial charge is 0.229 e. The molecule has 0 saturated carbocycles. The highest BCUT2D eigenvalue weighted by molar-refractivity contribution is 5.55. The van der Waals surface area contributed by atoms with Crippen molar-refractivity contribution < 1.29 is 4.52 Å². The molecule has 96 valence electrons. The molecule has 2 N–H and O–H groups in total. The maximum absolute atomic E-state index is 5.53. The summed E-state index contributed by atoms with van der Waals surface area (Å²) in [5.74, 6) is 1.45. The van der Waals surface area contributed by atoms with E-state index >= 15 is 0 Å². The Bertz CT molecular complexity index is 515. The third-order valence-electron chi connectivity index (χ3n) is 2.80. The van der Waals surface area contributed by atoms with Gasteiger partial charge < -0.3 is 10.3 Å². The van der Waals surface area contributed by atoms with Crippen molar-refractivity contribution >= 4 is 0 Å². The van der Waals surface area contributed by atoms with Crippen LogP contribution in [0.5, 0.6) is 0 Å². The van der Waals surface area contributed by atoms with Gasteiger partial charge in [-0.2, -0.15) is 4.98 Å². The molecule has 2 rings (SSSR count). The highest BCUT2D eigenvalue weighted by atomic mass is 16.5. The number of nitrogens with two attached hydrogens (primary N) is 1. The maximum atomic E-state index is 5.53.